The molecule has 0 saturated heterocycles. The molecule has 0 bridgehead atoms. The third kappa shape index (κ3) is 3.18. The highest BCUT2D eigenvalue weighted by Gasteiger charge is 2.70. The van der Waals surface area contributed by atoms with Crippen LogP contribution in [0.15, 0.2) is 53.4 Å². The SMILES string of the molecule is CCc1ccc([C@@H]2[C@@H](S(=O)(=O)c3ccc(Cl)cc3)[C@@]2(CN)COC)cc1. The molecule has 0 heterocycles. The van der Waals surface area contributed by atoms with Crippen LogP contribution in [0.1, 0.15) is 24.0 Å². The van der Waals surface area contributed by atoms with E-state index in [1.807, 2.05) is 24.3 Å². The van der Waals surface area contributed by atoms with Crippen molar-refractivity contribution in [2.24, 2.45) is 11.1 Å². The van der Waals surface area contributed by atoms with E-state index in [0.29, 0.717) is 11.6 Å². The maximum atomic E-state index is 13.3. The lowest BCUT2D eigenvalue weighted by Gasteiger charge is -2.15. The number of ether oxygens (including phenoxy) is 1. The van der Waals surface area contributed by atoms with Crippen molar-refractivity contribution in [1.29, 1.82) is 0 Å². The zero-order valence-corrected chi connectivity index (χ0v) is 16.6. The van der Waals surface area contributed by atoms with Crippen LogP contribution >= 0.6 is 11.6 Å². The summed E-state index contributed by atoms with van der Waals surface area (Å²) in [5.74, 6) is -0.181. The predicted molar refractivity (Wildman–Crippen MR) is 104 cm³/mol. The van der Waals surface area contributed by atoms with Crippen molar-refractivity contribution in [3.05, 3.63) is 64.7 Å². The van der Waals surface area contributed by atoms with Gasteiger partial charge in [0.05, 0.1) is 16.8 Å². The van der Waals surface area contributed by atoms with Gasteiger partial charge in [0, 0.05) is 30.0 Å². The molecule has 1 aliphatic rings. The predicted octanol–water partition coefficient (Wildman–Crippen LogP) is 3.43. The highest BCUT2D eigenvalue weighted by Crippen LogP contribution is 2.63. The Kier molecular flexibility index (Phi) is 5.45. The van der Waals surface area contributed by atoms with E-state index in [0.717, 1.165) is 12.0 Å². The molecule has 1 saturated carbocycles. The van der Waals surface area contributed by atoms with Crippen LogP contribution in [0.2, 0.25) is 5.02 Å². The molecule has 0 aromatic heterocycles. The average Bonchev–Trinajstić information content (AvgIpc) is 3.32. The van der Waals surface area contributed by atoms with E-state index in [1.165, 1.54) is 5.56 Å². The van der Waals surface area contributed by atoms with E-state index >= 15 is 0 Å². The second kappa shape index (κ2) is 7.31. The van der Waals surface area contributed by atoms with Crippen molar-refractivity contribution in [1.82, 2.24) is 0 Å². The molecule has 0 amide bonds. The number of benzene rings is 2. The van der Waals surface area contributed by atoms with E-state index < -0.39 is 20.5 Å². The molecule has 6 heteroatoms. The molecule has 0 spiro atoms. The number of hydrogen-bond donors (Lipinski definition) is 1. The third-order valence-corrected chi connectivity index (χ3v) is 7.99. The maximum Gasteiger partial charge on any atom is 0.182 e. The fraction of sp³-hybridized carbons (Fsp3) is 0.400. The van der Waals surface area contributed by atoms with Crippen molar-refractivity contribution in [2.45, 2.75) is 29.4 Å². The van der Waals surface area contributed by atoms with Crippen LogP contribution in [0.5, 0.6) is 0 Å². The first-order chi connectivity index (χ1) is 12.4. The number of rotatable bonds is 7. The topological polar surface area (TPSA) is 69.4 Å². The molecular weight excluding hydrogens is 370 g/mol. The molecule has 26 heavy (non-hydrogen) atoms. The van der Waals surface area contributed by atoms with E-state index in [-0.39, 0.29) is 17.4 Å². The van der Waals surface area contributed by atoms with Crippen LogP contribution in [0, 0.1) is 5.41 Å². The van der Waals surface area contributed by atoms with Crippen molar-refractivity contribution < 1.29 is 13.2 Å². The van der Waals surface area contributed by atoms with Crippen molar-refractivity contribution in [3.63, 3.8) is 0 Å². The fourth-order valence-electron chi connectivity index (χ4n) is 3.92. The Hall–Kier alpha value is -1.40. The van der Waals surface area contributed by atoms with Crippen LogP contribution < -0.4 is 5.73 Å². The van der Waals surface area contributed by atoms with E-state index in [2.05, 4.69) is 6.92 Å². The standard InChI is InChI=1S/C20H24ClNO3S/c1-3-14-4-6-15(7-5-14)18-19(20(18,12-22)13-25-2)26(23,24)17-10-8-16(21)9-11-17/h4-11,18-19H,3,12-13,22H2,1-2H3/t18-,19-,20+/m1/s1. The molecule has 3 rings (SSSR count). The first-order valence-corrected chi connectivity index (χ1v) is 10.6. The van der Waals surface area contributed by atoms with Crippen LogP contribution in [0.3, 0.4) is 0 Å². The summed E-state index contributed by atoms with van der Waals surface area (Å²) in [7, 11) is -1.97. The first kappa shape index (κ1) is 19.4. The molecule has 0 unspecified atom stereocenters. The van der Waals surface area contributed by atoms with Gasteiger partial charge in [-0.05, 0) is 41.8 Å². The normalized spacial score (nSPS) is 25.2. The van der Waals surface area contributed by atoms with Gasteiger partial charge in [-0.1, -0.05) is 42.8 Å². The van der Waals surface area contributed by atoms with Crippen molar-refractivity contribution >= 4 is 21.4 Å². The van der Waals surface area contributed by atoms with Crippen molar-refractivity contribution in [2.75, 3.05) is 20.3 Å². The smallest absolute Gasteiger partial charge is 0.182 e. The molecule has 4 nitrogen and oxygen atoms in total. The van der Waals surface area contributed by atoms with Gasteiger partial charge in [0.2, 0.25) is 0 Å². The number of nitrogens with two attached hydrogens (primary N) is 1. The molecule has 0 aliphatic heterocycles. The second-order valence-electron chi connectivity index (χ2n) is 6.86. The second-order valence-corrected chi connectivity index (χ2v) is 9.37. The van der Waals surface area contributed by atoms with Gasteiger partial charge in [-0.2, -0.15) is 0 Å². The Morgan fingerprint density at radius 1 is 1.12 bits per heavy atom. The summed E-state index contributed by atoms with van der Waals surface area (Å²) in [5.41, 5.74) is 7.66. The minimum absolute atomic E-state index is 0.181. The number of sulfone groups is 1. The monoisotopic (exact) mass is 393 g/mol. The van der Waals surface area contributed by atoms with Crippen LogP contribution in [0.4, 0.5) is 0 Å². The average molecular weight is 394 g/mol. The first-order valence-electron chi connectivity index (χ1n) is 8.68. The highest BCUT2D eigenvalue weighted by molar-refractivity contribution is 7.92. The van der Waals surface area contributed by atoms with E-state index in [1.54, 1.807) is 31.4 Å². The number of halogens is 1. The summed E-state index contributed by atoms with van der Waals surface area (Å²) >= 11 is 5.91. The lowest BCUT2D eigenvalue weighted by molar-refractivity contribution is 0.142. The van der Waals surface area contributed by atoms with Gasteiger partial charge in [-0.3, -0.25) is 0 Å². The zero-order valence-electron chi connectivity index (χ0n) is 15.0. The Morgan fingerprint density at radius 3 is 2.23 bits per heavy atom. The Morgan fingerprint density at radius 2 is 1.73 bits per heavy atom. The minimum atomic E-state index is -3.56. The molecular formula is C20H24ClNO3S. The minimum Gasteiger partial charge on any atom is -0.384 e. The fourth-order valence-corrected chi connectivity index (χ4v) is 6.49. The molecule has 3 atom stereocenters. The summed E-state index contributed by atoms with van der Waals surface area (Å²) in [5, 5.41) is -0.0953. The van der Waals surface area contributed by atoms with Crippen molar-refractivity contribution in [3.8, 4) is 0 Å². The van der Waals surface area contributed by atoms with E-state index in [4.69, 9.17) is 22.1 Å². The van der Waals surface area contributed by atoms with Gasteiger partial charge in [0.1, 0.15) is 0 Å². The largest absolute Gasteiger partial charge is 0.384 e. The highest BCUT2D eigenvalue weighted by atomic mass is 35.5. The Bertz CT molecular complexity index is 865. The van der Waals surface area contributed by atoms with Crippen LogP contribution in [0.25, 0.3) is 0 Å². The number of methoxy groups -OCH3 is 1. The Balaban J connectivity index is 2.03. The molecule has 2 N–H and O–H groups in total. The Labute approximate surface area is 160 Å². The van der Waals surface area contributed by atoms with Crippen LogP contribution in [-0.2, 0) is 21.0 Å². The zero-order chi connectivity index (χ0) is 18.9. The van der Waals surface area contributed by atoms with Gasteiger partial charge in [-0.25, -0.2) is 8.42 Å². The van der Waals surface area contributed by atoms with E-state index in [9.17, 15) is 8.42 Å². The summed E-state index contributed by atoms with van der Waals surface area (Å²) in [6.07, 6.45) is 0.942. The summed E-state index contributed by atoms with van der Waals surface area (Å²) in [6, 6.07) is 14.4. The van der Waals surface area contributed by atoms with Gasteiger partial charge in [0.15, 0.2) is 9.84 Å². The summed E-state index contributed by atoms with van der Waals surface area (Å²) in [6.45, 7) is 2.65. The quantitative estimate of drug-likeness (QED) is 0.782. The molecule has 140 valence electrons. The lowest BCUT2D eigenvalue weighted by Crippen LogP contribution is -2.28. The molecule has 1 fully saturated rings. The van der Waals surface area contributed by atoms with Gasteiger partial charge < -0.3 is 10.5 Å². The number of aryl methyl sites for hydroxylation is 1. The van der Waals surface area contributed by atoms with Gasteiger partial charge in [-0.15, -0.1) is 0 Å². The molecule has 2 aromatic carbocycles. The lowest BCUT2D eigenvalue weighted by atomic mass is 9.99. The third-order valence-electron chi connectivity index (χ3n) is 5.40. The molecule has 1 aliphatic carbocycles. The summed E-state index contributed by atoms with van der Waals surface area (Å²) in [4.78, 5) is 0.272. The maximum absolute atomic E-state index is 13.3. The number of hydrogen-bond acceptors (Lipinski definition) is 4. The van der Waals surface area contributed by atoms with Gasteiger partial charge >= 0.3 is 0 Å². The molecule has 2 aromatic rings. The van der Waals surface area contributed by atoms with Crippen LogP contribution in [-0.4, -0.2) is 33.9 Å². The van der Waals surface area contributed by atoms with Gasteiger partial charge in [0.25, 0.3) is 0 Å². The molecule has 0 radical (unpaired) electrons. The summed E-state index contributed by atoms with van der Waals surface area (Å²) < 4.78 is 32.0.